The molecule has 0 aliphatic carbocycles. The summed E-state index contributed by atoms with van der Waals surface area (Å²) in [5.74, 6) is -1.16. The average molecular weight is 252 g/mol. The molecule has 0 fully saturated rings. The minimum Gasteiger partial charge on any atom is -0.481 e. The molecular formula is C9H8ClF2NO3. The molecule has 0 saturated heterocycles. The topological polar surface area (TPSA) is 48.4 Å². The Kier molecular flexibility index (Phi) is 4.00. The summed E-state index contributed by atoms with van der Waals surface area (Å²) >= 11 is 5.62. The molecule has 0 aliphatic rings. The van der Waals surface area contributed by atoms with Crippen molar-refractivity contribution < 1.29 is 23.0 Å². The molecule has 7 heteroatoms. The number of esters is 1. The molecule has 1 aromatic rings. The Labute approximate surface area is 95.1 Å². The summed E-state index contributed by atoms with van der Waals surface area (Å²) in [4.78, 5) is 14.7. The van der Waals surface area contributed by atoms with Crippen molar-refractivity contribution in [1.29, 1.82) is 0 Å². The molecule has 0 aromatic carbocycles. The van der Waals surface area contributed by atoms with Gasteiger partial charge in [0.15, 0.2) is 5.69 Å². The van der Waals surface area contributed by atoms with E-state index in [1.165, 1.54) is 7.11 Å². The summed E-state index contributed by atoms with van der Waals surface area (Å²) in [6.07, 6.45) is -2.79. The van der Waals surface area contributed by atoms with Gasteiger partial charge in [0.25, 0.3) is 6.43 Å². The van der Waals surface area contributed by atoms with Gasteiger partial charge < -0.3 is 9.47 Å². The lowest BCUT2D eigenvalue weighted by Crippen LogP contribution is -2.08. The van der Waals surface area contributed by atoms with Crippen molar-refractivity contribution in [1.82, 2.24) is 4.98 Å². The van der Waals surface area contributed by atoms with Crippen LogP contribution in [-0.4, -0.2) is 25.2 Å². The second-order valence-corrected chi connectivity index (χ2v) is 3.12. The number of pyridine rings is 1. The maximum Gasteiger partial charge on any atom is 0.358 e. The zero-order valence-corrected chi connectivity index (χ0v) is 9.22. The molecule has 1 rings (SSSR count). The Bertz CT molecular complexity index is 412. The molecule has 0 bridgehead atoms. The van der Waals surface area contributed by atoms with Crippen LogP contribution in [0, 0.1) is 0 Å². The molecule has 4 nitrogen and oxygen atoms in total. The number of ether oxygens (including phenoxy) is 2. The SMILES string of the molecule is COC(=O)c1nc(OC)c(C(F)F)cc1Cl. The maximum atomic E-state index is 12.5. The number of halogens is 3. The fraction of sp³-hybridized carbons (Fsp3) is 0.333. The Morgan fingerprint density at radius 1 is 1.50 bits per heavy atom. The smallest absolute Gasteiger partial charge is 0.358 e. The molecule has 1 aromatic heterocycles. The Morgan fingerprint density at radius 3 is 2.56 bits per heavy atom. The summed E-state index contributed by atoms with van der Waals surface area (Å²) in [7, 11) is 2.30. The van der Waals surface area contributed by atoms with Crippen molar-refractivity contribution in [2.75, 3.05) is 14.2 Å². The first-order chi connectivity index (χ1) is 7.51. The maximum absolute atomic E-state index is 12.5. The number of methoxy groups -OCH3 is 2. The van der Waals surface area contributed by atoms with Crippen molar-refractivity contribution in [2.45, 2.75) is 6.43 Å². The Hall–Kier alpha value is -1.43. The van der Waals surface area contributed by atoms with E-state index in [0.717, 1.165) is 13.2 Å². The van der Waals surface area contributed by atoms with Crippen LogP contribution in [0.3, 0.4) is 0 Å². The average Bonchev–Trinajstić information content (AvgIpc) is 2.27. The van der Waals surface area contributed by atoms with E-state index >= 15 is 0 Å². The Balaban J connectivity index is 3.31. The third-order valence-electron chi connectivity index (χ3n) is 1.78. The molecule has 0 atom stereocenters. The van der Waals surface area contributed by atoms with Crippen molar-refractivity contribution in [3.8, 4) is 5.88 Å². The van der Waals surface area contributed by atoms with Gasteiger partial charge in [0.2, 0.25) is 5.88 Å². The van der Waals surface area contributed by atoms with Gasteiger partial charge in [-0.05, 0) is 6.07 Å². The number of carbonyl (C=O) groups is 1. The summed E-state index contributed by atoms with van der Waals surface area (Å²) < 4.78 is 34.1. The van der Waals surface area contributed by atoms with E-state index in [4.69, 9.17) is 11.6 Å². The fourth-order valence-corrected chi connectivity index (χ4v) is 1.28. The lowest BCUT2D eigenvalue weighted by molar-refractivity contribution is 0.0592. The first-order valence-electron chi connectivity index (χ1n) is 4.12. The molecule has 0 amide bonds. The van der Waals surface area contributed by atoms with Gasteiger partial charge in [-0.2, -0.15) is 0 Å². The predicted octanol–water partition coefficient (Wildman–Crippen LogP) is 2.47. The number of hydrogen-bond acceptors (Lipinski definition) is 4. The largest absolute Gasteiger partial charge is 0.481 e. The van der Waals surface area contributed by atoms with Crippen LogP contribution < -0.4 is 4.74 Å². The molecule has 16 heavy (non-hydrogen) atoms. The zero-order chi connectivity index (χ0) is 12.3. The number of aromatic nitrogens is 1. The Morgan fingerprint density at radius 2 is 2.12 bits per heavy atom. The second-order valence-electron chi connectivity index (χ2n) is 2.71. The third-order valence-corrected chi connectivity index (χ3v) is 2.06. The molecule has 88 valence electrons. The lowest BCUT2D eigenvalue weighted by Gasteiger charge is -2.09. The number of hydrogen-bond donors (Lipinski definition) is 0. The van der Waals surface area contributed by atoms with E-state index in [2.05, 4.69) is 14.5 Å². The van der Waals surface area contributed by atoms with Crippen LogP contribution in [0.4, 0.5) is 8.78 Å². The van der Waals surface area contributed by atoms with Crippen LogP contribution in [-0.2, 0) is 4.74 Å². The molecular weight excluding hydrogens is 244 g/mol. The highest BCUT2D eigenvalue weighted by Gasteiger charge is 2.22. The first-order valence-corrected chi connectivity index (χ1v) is 4.50. The van der Waals surface area contributed by atoms with Gasteiger partial charge in [-0.1, -0.05) is 11.6 Å². The summed E-state index contributed by atoms with van der Waals surface area (Å²) in [5.41, 5.74) is -0.731. The van der Waals surface area contributed by atoms with E-state index in [9.17, 15) is 13.6 Å². The highest BCUT2D eigenvalue weighted by atomic mass is 35.5. The highest BCUT2D eigenvalue weighted by molar-refractivity contribution is 6.33. The minimum atomic E-state index is -2.79. The van der Waals surface area contributed by atoms with Gasteiger partial charge in [-0.25, -0.2) is 18.6 Å². The van der Waals surface area contributed by atoms with E-state index in [1.807, 2.05) is 0 Å². The monoisotopic (exact) mass is 251 g/mol. The van der Waals surface area contributed by atoms with E-state index in [-0.39, 0.29) is 16.6 Å². The molecule has 0 aliphatic heterocycles. The lowest BCUT2D eigenvalue weighted by atomic mass is 10.2. The fourth-order valence-electron chi connectivity index (χ4n) is 1.05. The van der Waals surface area contributed by atoms with E-state index < -0.39 is 18.0 Å². The van der Waals surface area contributed by atoms with E-state index in [0.29, 0.717) is 0 Å². The van der Waals surface area contributed by atoms with Crippen LogP contribution in [0.5, 0.6) is 5.88 Å². The van der Waals surface area contributed by atoms with Gasteiger partial charge in [0, 0.05) is 0 Å². The number of alkyl halides is 2. The molecule has 0 spiro atoms. The van der Waals surface area contributed by atoms with Gasteiger partial charge in [0.1, 0.15) is 0 Å². The first kappa shape index (κ1) is 12.6. The van der Waals surface area contributed by atoms with E-state index in [1.54, 1.807) is 0 Å². The minimum absolute atomic E-state index is 0.206. The quantitative estimate of drug-likeness (QED) is 0.775. The highest BCUT2D eigenvalue weighted by Crippen LogP contribution is 2.31. The number of carbonyl (C=O) groups excluding carboxylic acids is 1. The van der Waals surface area contributed by atoms with Crippen LogP contribution in [0.25, 0.3) is 0 Å². The molecule has 0 unspecified atom stereocenters. The summed E-state index contributed by atoms with van der Waals surface area (Å²) in [5, 5.41) is -0.206. The normalized spacial score (nSPS) is 10.4. The molecule has 0 radical (unpaired) electrons. The van der Waals surface area contributed by atoms with Gasteiger partial charge in [0.05, 0.1) is 24.8 Å². The van der Waals surface area contributed by atoms with Gasteiger partial charge in [-0.15, -0.1) is 0 Å². The molecule has 1 heterocycles. The predicted molar refractivity (Wildman–Crippen MR) is 52.1 cm³/mol. The molecule has 0 N–H and O–H groups in total. The standard InChI is InChI=1S/C9H8ClF2NO3/c1-15-8-4(7(11)12)3-5(10)6(13-8)9(14)16-2/h3,7H,1-2H3. The second kappa shape index (κ2) is 5.07. The van der Waals surface area contributed by atoms with Crippen LogP contribution in [0.2, 0.25) is 5.02 Å². The van der Waals surface area contributed by atoms with Crippen molar-refractivity contribution in [3.63, 3.8) is 0 Å². The molecule has 0 saturated carbocycles. The van der Waals surface area contributed by atoms with Crippen molar-refractivity contribution >= 4 is 17.6 Å². The number of nitrogens with zero attached hydrogens (tertiary/aromatic N) is 1. The number of rotatable bonds is 3. The zero-order valence-electron chi connectivity index (χ0n) is 8.46. The van der Waals surface area contributed by atoms with Gasteiger partial charge >= 0.3 is 5.97 Å². The van der Waals surface area contributed by atoms with Gasteiger partial charge in [-0.3, -0.25) is 0 Å². The third kappa shape index (κ3) is 2.38. The summed E-state index contributed by atoms with van der Waals surface area (Å²) in [6.45, 7) is 0. The van der Waals surface area contributed by atoms with Crippen molar-refractivity contribution in [3.05, 3.63) is 22.3 Å². The van der Waals surface area contributed by atoms with Crippen molar-refractivity contribution in [2.24, 2.45) is 0 Å². The van der Waals surface area contributed by atoms with Crippen LogP contribution >= 0.6 is 11.6 Å². The summed E-state index contributed by atoms with van der Waals surface area (Å²) in [6, 6.07) is 0.935. The van der Waals surface area contributed by atoms with Crippen LogP contribution in [0.15, 0.2) is 6.07 Å². The van der Waals surface area contributed by atoms with Crippen LogP contribution in [0.1, 0.15) is 22.5 Å².